The predicted molar refractivity (Wildman–Crippen MR) is 44.5 cm³/mol. The summed E-state index contributed by atoms with van der Waals surface area (Å²) >= 11 is 0. The molecular weight excluding hydrogens is 172 g/mol. The second kappa shape index (κ2) is 4.15. The molecule has 0 saturated carbocycles. The van der Waals surface area contributed by atoms with Crippen LogP contribution in [0.5, 0.6) is 0 Å². The monoisotopic (exact) mass is 180 g/mol. The Morgan fingerprint density at radius 1 is 1.62 bits per heavy atom. The van der Waals surface area contributed by atoms with Crippen LogP contribution in [0.4, 0.5) is 0 Å². The lowest BCUT2D eigenvalue weighted by Gasteiger charge is -1.96. The first-order valence-electron chi connectivity index (χ1n) is 3.47. The normalized spacial score (nSPS) is 11.0. The number of nitrogens with two attached hydrogens (primary N) is 1. The van der Waals surface area contributed by atoms with Crippen molar-refractivity contribution in [3.8, 4) is 0 Å². The summed E-state index contributed by atoms with van der Waals surface area (Å²) in [5.41, 5.74) is 5.78. The van der Waals surface area contributed by atoms with Crippen LogP contribution >= 0.6 is 0 Å². The Labute approximate surface area is 74.4 Å². The quantitative estimate of drug-likeness (QED) is 0.291. The fourth-order valence-electron chi connectivity index (χ4n) is 0.592. The van der Waals surface area contributed by atoms with Crippen molar-refractivity contribution in [3.05, 3.63) is 24.3 Å². The van der Waals surface area contributed by atoms with Gasteiger partial charge in [-0.2, -0.15) is 0 Å². The third-order valence-electron chi connectivity index (χ3n) is 1.10. The van der Waals surface area contributed by atoms with Gasteiger partial charge in [-0.25, -0.2) is 9.78 Å². The molecule has 0 amide bonds. The third kappa shape index (κ3) is 2.86. The number of amidine groups is 1. The van der Waals surface area contributed by atoms with Crippen LogP contribution in [0.2, 0.25) is 0 Å². The van der Waals surface area contributed by atoms with Crippen LogP contribution in [0, 0.1) is 0 Å². The molecule has 0 aromatic carbocycles. The van der Waals surface area contributed by atoms with E-state index >= 15 is 0 Å². The first kappa shape index (κ1) is 9.11. The summed E-state index contributed by atoms with van der Waals surface area (Å²) in [6.07, 6.45) is 4.39. The Balaban J connectivity index is 2.73. The highest BCUT2D eigenvalue weighted by molar-refractivity contribution is 5.95. The lowest BCUT2D eigenvalue weighted by atomic mass is 10.4. The molecule has 0 fully saturated rings. The predicted octanol–water partition coefficient (Wildman–Crippen LogP) is -0.340. The molecule has 68 valence electrons. The van der Waals surface area contributed by atoms with Gasteiger partial charge >= 0.3 is 5.97 Å². The molecule has 6 heteroatoms. The van der Waals surface area contributed by atoms with E-state index in [2.05, 4.69) is 20.0 Å². The topological polar surface area (TPSA) is 90.5 Å². The van der Waals surface area contributed by atoms with Gasteiger partial charge in [-0.1, -0.05) is 5.16 Å². The van der Waals surface area contributed by atoms with E-state index in [0.29, 0.717) is 5.69 Å². The molecule has 1 aromatic heterocycles. The second-order valence-electron chi connectivity index (χ2n) is 2.15. The Bertz CT molecular complexity index is 323. The molecule has 2 N–H and O–H groups in total. The van der Waals surface area contributed by atoms with Crippen LogP contribution in [0.3, 0.4) is 0 Å². The van der Waals surface area contributed by atoms with E-state index in [9.17, 15) is 4.79 Å². The molecule has 0 saturated heterocycles. The van der Waals surface area contributed by atoms with E-state index in [-0.39, 0.29) is 5.84 Å². The van der Waals surface area contributed by atoms with Gasteiger partial charge in [-0.05, 0) is 0 Å². The number of aromatic nitrogens is 2. The fraction of sp³-hybridized carbons (Fsp3) is 0.143. The van der Waals surface area contributed by atoms with Crippen molar-refractivity contribution in [1.29, 1.82) is 0 Å². The molecule has 0 atom stereocenters. The van der Waals surface area contributed by atoms with Crippen LogP contribution in [0.1, 0.15) is 12.6 Å². The summed E-state index contributed by atoms with van der Waals surface area (Å²) in [7, 11) is 0. The van der Waals surface area contributed by atoms with Crippen molar-refractivity contribution in [2.45, 2.75) is 6.92 Å². The van der Waals surface area contributed by atoms with E-state index in [1.165, 1.54) is 25.5 Å². The molecule has 0 radical (unpaired) electrons. The van der Waals surface area contributed by atoms with Gasteiger partial charge in [0, 0.05) is 19.3 Å². The highest BCUT2D eigenvalue weighted by atomic mass is 16.7. The lowest BCUT2D eigenvalue weighted by Crippen LogP contribution is -2.16. The number of nitrogens with zero attached hydrogens (tertiary/aromatic N) is 3. The lowest BCUT2D eigenvalue weighted by molar-refractivity contribution is -0.140. The summed E-state index contributed by atoms with van der Waals surface area (Å²) < 4.78 is 0. The number of hydrogen-bond acceptors (Lipinski definition) is 5. The van der Waals surface area contributed by atoms with E-state index in [0.717, 1.165) is 0 Å². The summed E-state index contributed by atoms with van der Waals surface area (Å²) in [6, 6.07) is 0. The maximum Gasteiger partial charge on any atom is 0.332 e. The summed E-state index contributed by atoms with van der Waals surface area (Å²) in [6.45, 7) is 1.23. The van der Waals surface area contributed by atoms with Gasteiger partial charge in [0.2, 0.25) is 0 Å². The largest absolute Gasteiger partial charge is 0.379 e. The first-order chi connectivity index (χ1) is 6.20. The van der Waals surface area contributed by atoms with Crippen molar-refractivity contribution >= 4 is 11.8 Å². The van der Waals surface area contributed by atoms with Gasteiger partial charge in [0.05, 0.1) is 6.20 Å². The Kier molecular flexibility index (Phi) is 2.91. The van der Waals surface area contributed by atoms with Crippen LogP contribution in [-0.4, -0.2) is 21.8 Å². The first-order valence-corrected chi connectivity index (χ1v) is 3.47. The van der Waals surface area contributed by atoms with Crippen molar-refractivity contribution in [3.63, 3.8) is 0 Å². The number of oxime groups is 1. The van der Waals surface area contributed by atoms with Crippen molar-refractivity contribution in [2.75, 3.05) is 0 Å². The highest BCUT2D eigenvalue weighted by Gasteiger charge is 2.00. The number of carbonyl (C=O) groups excluding carboxylic acids is 1. The summed E-state index contributed by atoms with van der Waals surface area (Å²) in [5, 5.41) is 3.34. The third-order valence-corrected chi connectivity index (χ3v) is 1.10. The van der Waals surface area contributed by atoms with Crippen LogP contribution < -0.4 is 5.73 Å². The average molecular weight is 180 g/mol. The minimum atomic E-state index is -0.535. The van der Waals surface area contributed by atoms with Gasteiger partial charge in [-0.15, -0.1) is 0 Å². The molecule has 0 aliphatic rings. The molecule has 0 bridgehead atoms. The number of hydrogen-bond donors (Lipinski definition) is 1. The van der Waals surface area contributed by atoms with E-state index in [1.807, 2.05) is 0 Å². The van der Waals surface area contributed by atoms with Crippen LogP contribution in [0.25, 0.3) is 0 Å². The van der Waals surface area contributed by atoms with E-state index < -0.39 is 5.97 Å². The molecule has 1 heterocycles. The van der Waals surface area contributed by atoms with Crippen molar-refractivity contribution in [1.82, 2.24) is 9.97 Å². The zero-order valence-corrected chi connectivity index (χ0v) is 6.97. The van der Waals surface area contributed by atoms with E-state index in [4.69, 9.17) is 5.73 Å². The maximum atomic E-state index is 10.4. The zero-order chi connectivity index (χ0) is 9.68. The summed E-state index contributed by atoms with van der Waals surface area (Å²) in [4.78, 5) is 22.3. The smallest absolute Gasteiger partial charge is 0.332 e. The molecule has 1 rings (SSSR count). The van der Waals surface area contributed by atoms with Gasteiger partial charge in [-0.3, -0.25) is 4.98 Å². The standard InChI is InChI=1S/C7H8N4O2/c1-5(12)13-11-7(8)6-4-9-2-3-10-6/h2-4H,1H3,(H2,8,11). The molecule has 1 aromatic rings. The SMILES string of the molecule is CC(=O)O/N=C(\N)c1cnccn1. The molecule has 0 spiro atoms. The molecule has 0 unspecified atom stereocenters. The minimum absolute atomic E-state index is 0.0169. The van der Waals surface area contributed by atoms with Crippen LogP contribution in [-0.2, 0) is 9.63 Å². The Hall–Kier alpha value is -1.98. The highest BCUT2D eigenvalue weighted by Crippen LogP contribution is 1.90. The minimum Gasteiger partial charge on any atom is -0.379 e. The van der Waals surface area contributed by atoms with Gasteiger partial charge in [0.25, 0.3) is 0 Å². The summed E-state index contributed by atoms with van der Waals surface area (Å²) in [5.74, 6) is -0.518. The Morgan fingerprint density at radius 3 is 2.92 bits per heavy atom. The average Bonchev–Trinajstić information content (AvgIpc) is 2.15. The van der Waals surface area contributed by atoms with Gasteiger partial charge in [0.15, 0.2) is 5.84 Å². The number of carbonyl (C=O) groups is 1. The van der Waals surface area contributed by atoms with Crippen LogP contribution in [0.15, 0.2) is 23.7 Å². The van der Waals surface area contributed by atoms with Crippen molar-refractivity contribution < 1.29 is 9.63 Å². The molecule has 0 aliphatic carbocycles. The fourth-order valence-corrected chi connectivity index (χ4v) is 0.592. The van der Waals surface area contributed by atoms with Crippen molar-refractivity contribution in [2.24, 2.45) is 10.9 Å². The zero-order valence-electron chi connectivity index (χ0n) is 6.97. The maximum absolute atomic E-state index is 10.4. The van der Waals surface area contributed by atoms with E-state index in [1.54, 1.807) is 0 Å². The van der Waals surface area contributed by atoms with Gasteiger partial charge in [0.1, 0.15) is 5.69 Å². The van der Waals surface area contributed by atoms with Gasteiger partial charge < -0.3 is 10.6 Å². The molecule has 0 aliphatic heterocycles. The molecule has 6 nitrogen and oxygen atoms in total. The second-order valence-corrected chi connectivity index (χ2v) is 2.15. The molecule has 13 heavy (non-hydrogen) atoms. The number of rotatable bonds is 2. The Morgan fingerprint density at radius 2 is 2.38 bits per heavy atom. The molecular formula is C7H8N4O2.